The summed E-state index contributed by atoms with van der Waals surface area (Å²) in [5, 5.41) is 10.5. The third-order valence-corrected chi connectivity index (χ3v) is 9.53. The Morgan fingerprint density at radius 2 is 1.78 bits per heavy atom. The fraction of sp³-hybridized carbons (Fsp3) is 0.353. The van der Waals surface area contributed by atoms with Gasteiger partial charge < -0.3 is 10.1 Å². The Bertz CT molecular complexity index is 2190. The van der Waals surface area contributed by atoms with Crippen LogP contribution in [0, 0.1) is 0 Å². The topological polar surface area (TPSA) is 142 Å². The fourth-order valence-electron chi connectivity index (χ4n) is 7.11. The van der Waals surface area contributed by atoms with Gasteiger partial charge in [-0.1, -0.05) is 18.2 Å². The van der Waals surface area contributed by atoms with Crippen LogP contribution in [-0.2, 0) is 22.8 Å². The van der Waals surface area contributed by atoms with Crippen molar-refractivity contribution in [3.63, 3.8) is 0 Å². The molecular formula is C34H32F3N7O5. The van der Waals surface area contributed by atoms with Crippen molar-refractivity contribution in [1.82, 2.24) is 29.2 Å². The summed E-state index contributed by atoms with van der Waals surface area (Å²) in [5.74, 6) is -1.16. The summed E-state index contributed by atoms with van der Waals surface area (Å²) in [6.45, 7) is 0. The number of imide groups is 1. The van der Waals surface area contributed by atoms with E-state index in [-0.39, 0.29) is 47.8 Å². The Morgan fingerprint density at radius 1 is 1.02 bits per heavy atom. The van der Waals surface area contributed by atoms with Crippen LogP contribution in [0.2, 0.25) is 0 Å². The quantitative estimate of drug-likeness (QED) is 0.235. The lowest BCUT2D eigenvalue weighted by Crippen LogP contribution is -2.44. The van der Waals surface area contributed by atoms with Crippen molar-refractivity contribution >= 4 is 45.3 Å². The van der Waals surface area contributed by atoms with Gasteiger partial charge in [0.2, 0.25) is 11.8 Å². The number of para-hydroxylation sites is 1. The molecule has 7 rings (SSSR count). The number of halogens is 3. The molecule has 0 spiro atoms. The number of aryl methyl sites for hydroxylation is 1. The maximum absolute atomic E-state index is 13.4. The molecular weight excluding hydrogens is 643 g/mol. The number of aromatic nitrogens is 5. The van der Waals surface area contributed by atoms with Crippen LogP contribution in [0.4, 0.5) is 18.9 Å². The van der Waals surface area contributed by atoms with E-state index in [0.717, 1.165) is 48.9 Å². The van der Waals surface area contributed by atoms with Gasteiger partial charge >= 0.3 is 11.9 Å². The SMILES string of the molecule is COc1cc2nn(C3CCC(c4cccc5c4n(C)c(=O)n5C4CCC(=O)NC4=O)CC3)cc2cc1NC(=O)c1cccc(C(F)(F)F)n1. The predicted molar refractivity (Wildman–Crippen MR) is 172 cm³/mol. The third-order valence-electron chi connectivity index (χ3n) is 9.53. The summed E-state index contributed by atoms with van der Waals surface area (Å²) in [6, 6.07) is 11.6. The molecule has 3 amide bonds. The summed E-state index contributed by atoms with van der Waals surface area (Å²) >= 11 is 0. The van der Waals surface area contributed by atoms with Crippen molar-refractivity contribution < 1.29 is 32.3 Å². The van der Waals surface area contributed by atoms with E-state index >= 15 is 0 Å². The number of amides is 3. The smallest absolute Gasteiger partial charge is 0.433 e. The summed E-state index contributed by atoms with van der Waals surface area (Å²) in [5.41, 5.74) is 1.54. The van der Waals surface area contributed by atoms with Crippen molar-refractivity contribution in [3.8, 4) is 5.75 Å². The highest BCUT2D eigenvalue weighted by atomic mass is 19.4. The molecule has 1 atom stereocenters. The first-order valence-electron chi connectivity index (χ1n) is 15.9. The van der Waals surface area contributed by atoms with Gasteiger partial charge in [0.25, 0.3) is 5.91 Å². The van der Waals surface area contributed by atoms with Crippen LogP contribution in [-0.4, -0.2) is 48.7 Å². The van der Waals surface area contributed by atoms with Gasteiger partial charge in [-0.2, -0.15) is 18.3 Å². The number of anilines is 1. The average Bonchev–Trinajstić information content (AvgIpc) is 3.61. The molecule has 4 heterocycles. The maximum atomic E-state index is 13.4. The largest absolute Gasteiger partial charge is 0.494 e. The van der Waals surface area contributed by atoms with E-state index < -0.39 is 29.7 Å². The lowest BCUT2D eigenvalue weighted by atomic mass is 9.81. The van der Waals surface area contributed by atoms with E-state index in [1.165, 1.54) is 17.7 Å². The lowest BCUT2D eigenvalue weighted by molar-refractivity contribution is -0.141. The number of methoxy groups -OCH3 is 1. The van der Waals surface area contributed by atoms with Crippen molar-refractivity contribution in [3.05, 3.63) is 82.2 Å². The Morgan fingerprint density at radius 3 is 2.49 bits per heavy atom. The van der Waals surface area contributed by atoms with Gasteiger partial charge in [-0.15, -0.1) is 0 Å². The number of nitrogens with one attached hydrogen (secondary N) is 2. The number of imidazole rings is 1. The fourth-order valence-corrected chi connectivity index (χ4v) is 7.11. The molecule has 1 unspecified atom stereocenters. The Labute approximate surface area is 276 Å². The second-order valence-corrected chi connectivity index (χ2v) is 12.5. The van der Waals surface area contributed by atoms with Crippen molar-refractivity contribution in [2.45, 2.75) is 62.7 Å². The minimum Gasteiger partial charge on any atom is -0.494 e. The summed E-state index contributed by atoms with van der Waals surface area (Å²) in [6.07, 6.45) is 0.893. The molecule has 12 nitrogen and oxygen atoms in total. The molecule has 49 heavy (non-hydrogen) atoms. The van der Waals surface area contributed by atoms with Gasteiger partial charge in [-0.3, -0.25) is 33.5 Å². The molecule has 254 valence electrons. The molecule has 0 bridgehead atoms. The number of alkyl halides is 3. The number of piperidine rings is 1. The van der Waals surface area contributed by atoms with E-state index in [0.29, 0.717) is 22.2 Å². The molecule has 1 saturated carbocycles. The molecule has 2 fully saturated rings. The van der Waals surface area contributed by atoms with E-state index in [1.54, 1.807) is 23.7 Å². The van der Waals surface area contributed by atoms with Crippen LogP contribution < -0.4 is 21.1 Å². The second-order valence-electron chi connectivity index (χ2n) is 12.5. The van der Waals surface area contributed by atoms with Gasteiger partial charge in [-0.05, 0) is 67.9 Å². The number of ether oxygens (including phenoxy) is 1. The van der Waals surface area contributed by atoms with Crippen molar-refractivity contribution in [2.24, 2.45) is 7.05 Å². The third kappa shape index (κ3) is 5.82. The molecule has 1 saturated heterocycles. The number of carbonyl (C=O) groups excluding carboxylic acids is 3. The number of hydrogen-bond acceptors (Lipinski definition) is 7. The highest BCUT2D eigenvalue weighted by Crippen LogP contribution is 2.41. The van der Waals surface area contributed by atoms with Crippen molar-refractivity contribution in [2.75, 3.05) is 12.4 Å². The highest BCUT2D eigenvalue weighted by Gasteiger charge is 2.34. The number of carbonyl (C=O) groups is 3. The summed E-state index contributed by atoms with van der Waals surface area (Å²) in [7, 11) is 3.13. The second kappa shape index (κ2) is 12.2. The number of fused-ring (bicyclic) bond motifs is 2. The van der Waals surface area contributed by atoms with Gasteiger partial charge in [0.15, 0.2) is 0 Å². The number of nitrogens with zero attached hydrogens (tertiary/aromatic N) is 5. The first-order chi connectivity index (χ1) is 23.4. The predicted octanol–water partition coefficient (Wildman–Crippen LogP) is 5.24. The van der Waals surface area contributed by atoms with Gasteiger partial charge in [0.05, 0.1) is 35.4 Å². The van der Waals surface area contributed by atoms with Crippen LogP contribution in [0.15, 0.2) is 59.5 Å². The van der Waals surface area contributed by atoms with Crippen molar-refractivity contribution in [1.29, 1.82) is 0 Å². The number of pyridine rings is 1. The first kappa shape index (κ1) is 32.1. The van der Waals surface area contributed by atoms with E-state index in [4.69, 9.17) is 9.84 Å². The molecule has 0 radical (unpaired) electrons. The summed E-state index contributed by atoms with van der Waals surface area (Å²) in [4.78, 5) is 54.1. The maximum Gasteiger partial charge on any atom is 0.433 e. The molecule has 1 aliphatic carbocycles. The molecule has 1 aliphatic heterocycles. The first-order valence-corrected chi connectivity index (χ1v) is 15.9. The number of benzene rings is 2. The average molecular weight is 676 g/mol. The van der Waals surface area contributed by atoms with Gasteiger partial charge in [0, 0.05) is 31.1 Å². The highest BCUT2D eigenvalue weighted by molar-refractivity contribution is 6.05. The van der Waals surface area contributed by atoms with Crippen LogP contribution in [0.25, 0.3) is 21.9 Å². The molecule has 2 aromatic carbocycles. The molecule has 2 N–H and O–H groups in total. The minimum atomic E-state index is -4.68. The molecule has 3 aromatic heterocycles. The number of rotatable bonds is 6. The molecule has 15 heteroatoms. The zero-order valence-electron chi connectivity index (χ0n) is 26.6. The number of hydrogen-bond donors (Lipinski definition) is 2. The molecule has 5 aromatic rings. The Kier molecular flexibility index (Phi) is 7.99. The van der Waals surface area contributed by atoms with Gasteiger partial charge in [-0.25, -0.2) is 9.78 Å². The van der Waals surface area contributed by atoms with Gasteiger partial charge in [0.1, 0.15) is 23.2 Å². The van der Waals surface area contributed by atoms with Crippen LogP contribution in [0.3, 0.4) is 0 Å². The zero-order valence-corrected chi connectivity index (χ0v) is 26.6. The van der Waals surface area contributed by atoms with E-state index in [9.17, 15) is 32.3 Å². The van der Waals surface area contributed by atoms with Crippen LogP contribution >= 0.6 is 0 Å². The Hall–Kier alpha value is -5.47. The Balaban J connectivity index is 1.10. The monoisotopic (exact) mass is 675 g/mol. The summed E-state index contributed by atoms with van der Waals surface area (Å²) < 4.78 is 49.9. The standard InChI is InChI=1S/C34H32F3N7O5/c1-42-30-21(5-3-7-25(30)44(33(42)48)26-13-14-29(45)40-32(26)47)18-9-11-20(12-10-18)43-17-19-15-24(27(49-2)16-23(19)41-43)39-31(46)22-6-4-8-28(38-22)34(35,36)37/h3-8,15-18,20,26H,9-14H2,1-2H3,(H,39,46)(H,40,45,47). The zero-order chi connectivity index (χ0) is 34.6. The minimum absolute atomic E-state index is 0.0816. The van der Waals surface area contributed by atoms with E-state index in [1.807, 2.05) is 29.1 Å². The molecule has 2 aliphatic rings. The lowest BCUT2D eigenvalue weighted by Gasteiger charge is -2.29. The van der Waals surface area contributed by atoms with Crippen LogP contribution in [0.5, 0.6) is 5.75 Å². The van der Waals surface area contributed by atoms with Crippen LogP contribution in [0.1, 0.15) is 78.3 Å². The van der Waals surface area contributed by atoms with E-state index in [2.05, 4.69) is 15.6 Å². The normalized spacial score (nSPS) is 20.1.